The van der Waals surface area contributed by atoms with Crippen molar-refractivity contribution in [3.63, 3.8) is 0 Å². The number of nitrogens with zero attached hydrogens (tertiary/aromatic N) is 2. The zero-order valence-electron chi connectivity index (χ0n) is 11.0. The number of nitrogens with one attached hydrogen (secondary N) is 1. The third-order valence-corrected chi connectivity index (χ3v) is 3.43. The quantitative estimate of drug-likeness (QED) is 0.876. The molecule has 0 saturated heterocycles. The Morgan fingerprint density at radius 2 is 2.22 bits per heavy atom. The van der Waals surface area contributed by atoms with Crippen LogP contribution in [0.3, 0.4) is 0 Å². The molecular weight excluding hydrogens is 222 g/mol. The van der Waals surface area contributed by atoms with E-state index in [4.69, 9.17) is 0 Å². The van der Waals surface area contributed by atoms with E-state index in [1.54, 1.807) is 0 Å². The van der Waals surface area contributed by atoms with Crippen LogP contribution in [0.1, 0.15) is 17.5 Å². The normalized spacial score (nSPS) is 14.6. The lowest BCUT2D eigenvalue weighted by atomic mass is 10.0. The Balaban J connectivity index is 2.12. The standard InChI is InChI=1S/C15H19N3/c1-18(2)10-11-5-6-14-13(8-11)15-12(9-17-14)4-3-7-16-15/h5-6,8-9,16H,3-4,7,10H2,1-2H3. The molecule has 0 aliphatic carbocycles. The van der Waals surface area contributed by atoms with Crippen LogP contribution in [0.5, 0.6) is 0 Å². The van der Waals surface area contributed by atoms with Gasteiger partial charge in [-0.3, -0.25) is 4.98 Å². The number of aryl methyl sites for hydroxylation is 1. The van der Waals surface area contributed by atoms with Crippen LogP contribution in [0.4, 0.5) is 5.69 Å². The first-order chi connectivity index (χ1) is 8.74. The highest BCUT2D eigenvalue weighted by Crippen LogP contribution is 2.30. The molecule has 94 valence electrons. The zero-order chi connectivity index (χ0) is 12.5. The van der Waals surface area contributed by atoms with Crippen molar-refractivity contribution in [3.8, 4) is 0 Å². The smallest absolute Gasteiger partial charge is 0.0723 e. The SMILES string of the molecule is CN(C)Cc1ccc2ncc3c(c2c1)NCCC3. The molecule has 0 unspecified atom stereocenters. The fraction of sp³-hybridized carbons (Fsp3) is 0.400. The molecule has 0 bridgehead atoms. The van der Waals surface area contributed by atoms with Gasteiger partial charge >= 0.3 is 0 Å². The maximum absolute atomic E-state index is 4.56. The van der Waals surface area contributed by atoms with E-state index in [1.807, 2.05) is 6.20 Å². The summed E-state index contributed by atoms with van der Waals surface area (Å²) in [5.74, 6) is 0. The minimum atomic E-state index is 0.972. The second kappa shape index (κ2) is 4.58. The lowest BCUT2D eigenvalue weighted by Gasteiger charge is -2.20. The number of hydrogen-bond acceptors (Lipinski definition) is 3. The van der Waals surface area contributed by atoms with E-state index in [2.05, 4.69) is 47.5 Å². The molecule has 1 aromatic heterocycles. The summed E-state index contributed by atoms with van der Waals surface area (Å²) >= 11 is 0. The Kier molecular flexibility index (Phi) is 2.92. The van der Waals surface area contributed by atoms with Crippen molar-refractivity contribution >= 4 is 16.6 Å². The third-order valence-electron chi connectivity index (χ3n) is 3.43. The molecule has 1 N–H and O–H groups in total. The van der Waals surface area contributed by atoms with Crippen LogP contribution < -0.4 is 5.32 Å². The highest BCUT2D eigenvalue weighted by molar-refractivity contribution is 5.93. The molecule has 1 aliphatic rings. The maximum Gasteiger partial charge on any atom is 0.0723 e. The van der Waals surface area contributed by atoms with Crippen LogP contribution in [0.25, 0.3) is 10.9 Å². The van der Waals surface area contributed by atoms with Crippen molar-refractivity contribution < 1.29 is 0 Å². The van der Waals surface area contributed by atoms with Gasteiger partial charge in [-0.05, 0) is 50.2 Å². The van der Waals surface area contributed by atoms with Crippen molar-refractivity contribution in [2.75, 3.05) is 26.0 Å². The molecule has 3 nitrogen and oxygen atoms in total. The molecule has 1 aliphatic heterocycles. The van der Waals surface area contributed by atoms with Crippen LogP contribution >= 0.6 is 0 Å². The lowest BCUT2D eigenvalue weighted by molar-refractivity contribution is 0.403. The Labute approximate surface area is 108 Å². The van der Waals surface area contributed by atoms with Gasteiger partial charge in [-0.15, -0.1) is 0 Å². The summed E-state index contributed by atoms with van der Waals surface area (Å²) in [7, 11) is 4.20. The van der Waals surface area contributed by atoms with Gasteiger partial charge in [-0.25, -0.2) is 0 Å². The van der Waals surface area contributed by atoms with Gasteiger partial charge < -0.3 is 10.2 Å². The van der Waals surface area contributed by atoms with E-state index >= 15 is 0 Å². The molecule has 18 heavy (non-hydrogen) atoms. The van der Waals surface area contributed by atoms with Crippen LogP contribution in [-0.2, 0) is 13.0 Å². The van der Waals surface area contributed by atoms with E-state index in [0.717, 1.165) is 25.0 Å². The van der Waals surface area contributed by atoms with Crippen molar-refractivity contribution in [3.05, 3.63) is 35.5 Å². The van der Waals surface area contributed by atoms with Crippen LogP contribution in [0.15, 0.2) is 24.4 Å². The minimum Gasteiger partial charge on any atom is -0.384 e. The molecule has 2 aromatic rings. The topological polar surface area (TPSA) is 28.2 Å². The summed E-state index contributed by atoms with van der Waals surface area (Å²) in [5.41, 5.74) is 5.09. The van der Waals surface area contributed by atoms with Gasteiger partial charge in [0.1, 0.15) is 0 Å². The summed E-state index contributed by atoms with van der Waals surface area (Å²) in [6, 6.07) is 6.58. The molecule has 0 fully saturated rings. The number of aromatic nitrogens is 1. The van der Waals surface area contributed by atoms with Gasteiger partial charge in [-0.2, -0.15) is 0 Å². The van der Waals surface area contributed by atoms with Gasteiger partial charge in [0.25, 0.3) is 0 Å². The molecule has 0 amide bonds. The maximum atomic E-state index is 4.56. The van der Waals surface area contributed by atoms with E-state index in [9.17, 15) is 0 Å². The van der Waals surface area contributed by atoms with Crippen molar-refractivity contribution in [2.24, 2.45) is 0 Å². The number of hydrogen-bond donors (Lipinski definition) is 1. The monoisotopic (exact) mass is 241 g/mol. The second-order valence-corrected chi connectivity index (χ2v) is 5.28. The van der Waals surface area contributed by atoms with Gasteiger partial charge in [0.05, 0.1) is 5.52 Å². The second-order valence-electron chi connectivity index (χ2n) is 5.28. The average molecular weight is 241 g/mol. The summed E-state index contributed by atoms with van der Waals surface area (Å²) in [6.45, 7) is 2.05. The zero-order valence-corrected chi connectivity index (χ0v) is 11.0. The first-order valence-corrected chi connectivity index (χ1v) is 6.53. The van der Waals surface area contributed by atoms with Gasteiger partial charge in [0.2, 0.25) is 0 Å². The molecule has 2 heterocycles. The first kappa shape index (κ1) is 11.5. The molecule has 0 radical (unpaired) electrons. The number of pyridine rings is 1. The molecule has 0 atom stereocenters. The van der Waals surface area contributed by atoms with Crippen molar-refractivity contribution in [1.29, 1.82) is 0 Å². The van der Waals surface area contributed by atoms with Crippen LogP contribution in [0.2, 0.25) is 0 Å². The number of rotatable bonds is 2. The average Bonchev–Trinajstić information content (AvgIpc) is 2.38. The van der Waals surface area contributed by atoms with E-state index < -0.39 is 0 Å². The number of fused-ring (bicyclic) bond motifs is 3. The summed E-state index contributed by atoms with van der Waals surface area (Å²) in [6.07, 6.45) is 4.37. The molecule has 1 aromatic carbocycles. The predicted octanol–water partition coefficient (Wildman–Crippen LogP) is 2.65. The summed E-state index contributed by atoms with van der Waals surface area (Å²) < 4.78 is 0. The largest absolute Gasteiger partial charge is 0.384 e. The third kappa shape index (κ3) is 2.06. The first-order valence-electron chi connectivity index (χ1n) is 6.53. The fourth-order valence-corrected chi connectivity index (χ4v) is 2.64. The number of anilines is 1. The van der Waals surface area contributed by atoms with Crippen molar-refractivity contribution in [1.82, 2.24) is 9.88 Å². The van der Waals surface area contributed by atoms with Crippen LogP contribution in [0, 0.1) is 0 Å². The highest BCUT2D eigenvalue weighted by atomic mass is 15.0. The van der Waals surface area contributed by atoms with Gasteiger partial charge in [0, 0.05) is 30.4 Å². The van der Waals surface area contributed by atoms with Gasteiger partial charge in [-0.1, -0.05) is 6.07 Å². The van der Waals surface area contributed by atoms with E-state index in [1.165, 1.54) is 28.6 Å². The van der Waals surface area contributed by atoms with Crippen molar-refractivity contribution in [2.45, 2.75) is 19.4 Å². The molecule has 3 rings (SSSR count). The van der Waals surface area contributed by atoms with Crippen LogP contribution in [-0.4, -0.2) is 30.5 Å². The fourth-order valence-electron chi connectivity index (χ4n) is 2.64. The molecular formula is C15H19N3. The molecule has 0 saturated carbocycles. The predicted molar refractivity (Wildman–Crippen MR) is 75.9 cm³/mol. The number of benzene rings is 1. The summed E-state index contributed by atoms with van der Waals surface area (Å²) in [4.78, 5) is 6.75. The molecule has 0 spiro atoms. The highest BCUT2D eigenvalue weighted by Gasteiger charge is 2.12. The van der Waals surface area contributed by atoms with Gasteiger partial charge in [0.15, 0.2) is 0 Å². The van der Waals surface area contributed by atoms with E-state index in [0.29, 0.717) is 0 Å². The Hall–Kier alpha value is -1.61. The lowest BCUT2D eigenvalue weighted by Crippen LogP contribution is -2.13. The Bertz CT molecular complexity index is 575. The van der Waals surface area contributed by atoms with E-state index in [-0.39, 0.29) is 0 Å². The Morgan fingerprint density at radius 1 is 1.33 bits per heavy atom. The summed E-state index contributed by atoms with van der Waals surface area (Å²) in [5, 5.41) is 4.80. The molecule has 3 heteroatoms. The minimum absolute atomic E-state index is 0.972. The Morgan fingerprint density at radius 3 is 3.06 bits per heavy atom.